The molecule has 0 spiro atoms. The Labute approximate surface area is 145 Å². The first-order chi connectivity index (χ1) is 12.0. The predicted molar refractivity (Wildman–Crippen MR) is 91.5 cm³/mol. The van der Waals surface area contributed by atoms with E-state index in [9.17, 15) is 9.18 Å². The van der Waals surface area contributed by atoms with E-state index in [-0.39, 0.29) is 36.2 Å². The lowest BCUT2D eigenvalue weighted by Gasteiger charge is -2.18. The number of amides is 1. The average molecular weight is 345 g/mol. The number of benzene rings is 1. The lowest BCUT2D eigenvalue weighted by Crippen LogP contribution is -2.44. The summed E-state index contributed by atoms with van der Waals surface area (Å²) in [5, 5.41) is 2.96. The highest BCUT2D eigenvalue weighted by Gasteiger charge is 2.34. The number of nitrogens with two attached hydrogens (primary N) is 1. The molecule has 1 amide bonds. The number of nitrogens with zero attached hydrogens (tertiary/aromatic N) is 3. The number of hydrogen-bond donors (Lipinski definition) is 2. The van der Waals surface area contributed by atoms with Gasteiger partial charge in [-0.05, 0) is 23.8 Å². The number of hydrogen-bond acceptors (Lipinski definition) is 6. The van der Waals surface area contributed by atoms with Gasteiger partial charge in [0.05, 0.1) is 18.6 Å². The van der Waals surface area contributed by atoms with E-state index >= 15 is 0 Å². The molecule has 2 aromatic rings. The van der Waals surface area contributed by atoms with Gasteiger partial charge in [0.2, 0.25) is 11.9 Å². The monoisotopic (exact) mass is 345 g/mol. The Balaban J connectivity index is 1.64. The van der Waals surface area contributed by atoms with Gasteiger partial charge in [0, 0.05) is 26.4 Å². The molecule has 8 heteroatoms. The van der Waals surface area contributed by atoms with E-state index in [0.29, 0.717) is 24.5 Å². The van der Waals surface area contributed by atoms with Crippen molar-refractivity contribution in [2.24, 2.45) is 0 Å². The summed E-state index contributed by atoms with van der Waals surface area (Å²) in [4.78, 5) is 22.3. The SMILES string of the molecule is CO[C@@H]1CN(c2ccnc(N)n2)C[C@@H]1NC(=O)Cc1cccc(F)c1. The van der Waals surface area contributed by atoms with E-state index in [2.05, 4.69) is 15.3 Å². The second-order valence-corrected chi connectivity index (χ2v) is 5.93. The van der Waals surface area contributed by atoms with Crippen LogP contribution in [-0.2, 0) is 16.0 Å². The number of ether oxygens (including phenoxy) is 1. The highest BCUT2D eigenvalue weighted by molar-refractivity contribution is 5.79. The molecular formula is C17H20FN5O2. The van der Waals surface area contributed by atoms with Crippen LogP contribution in [0.5, 0.6) is 0 Å². The van der Waals surface area contributed by atoms with Crippen LogP contribution in [0.4, 0.5) is 16.2 Å². The number of halogens is 1. The topological polar surface area (TPSA) is 93.4 Å². The fourth-order valence-electron chi connectivity index (χ4n) is 2.97. The molecule has 3 rings (SSSR count). The van der Waals surface area contributed by atoms with Crippen molar-refractivity contribution in [3.05, 3.63) is 47.9 Å². The van der Waals surface area contributed by atoms with Crippen LogP contribution in [0, 0.1) is 5.82 Å². The summed E-state index contributed by atoms with van der Waals surface area (Å²) < 4.78 is 18.7. The third kappa shape index (κ3) is 4.21. The molecule has 1 aliphatic rings. The number of carbonyl (C=O) groups excluding carboxylic acids is 1. The Morgan fingerprint density at radius 2 is 2.28 bits per heavy atom. The number of aromatic nitrogens is 2. The first kappa shape index (κ1) is 17.1. The van der Waals surface area contributed by atoms with Crippen molar-refractivity contribution in [3.63, 3.8) is 0 Å². The van der Waals surface area contributed by atoms with Crippen LogP contribution in [0.1, 0.15) is 5.56 Å². The molecule has 7 nitrogen and oxygen atoms in total. The molecule has 1 saturated heterocycles. The largest absolute Gasteiger partial charge is 0.377 e. The van der Waals surface area contributed by atoms with Crippen LogP contribution in [0.15, 0.2) is 36.5 Å². The van der Waals surface area contributed by atoms with Crippen LogP contribution < -0.4 is 16.0 Å². The van der Waals surface area contributed by atoms with Gasteiger partial charge in [-0.15, -0.1) is 0 Å². The Morgan fingerprint density at radius 1 is 1.44 bits per heavy atom. The number of anilines is 2. The van der Waals surface area contributed by atoms with Gasteiger partial charge in [-0.2, -0.15) is 4.98 Å². The van der Waals surface area contributed by atoms with E-state index < -0.39 is 0 Å². The second-order valence-electron chi connectivity index (χ2n) is 5.93. The fraction of sp³-hybridized carbons (Fsp3) is 0.353. The minimum Gasteiger partial charge on any atom is -0.377 e. The fourth-order valence-corrected chi connectivity index (χ4v) is 2.97. The van der Waals surface area contributed by atoms with Gasteiger partial charge >= 0.3 is 0 Å². The van der Waals surface area contributed by atoms with E-state index in [1.165, 1.54) is 12.1 Å². The van der Waals surface area contributed by atoms with E-state index in [1.807, 2.05) is 4.90 Å². The molecule has 1 aromatic carbocycles. The summed E-state index contributed by atoms with van der Waals surface area (Å²) in [6.45, 7) is 1.13. The van der Waals surface area contributed by atoms with Gasteiger partial charge in [0.1, 0.15) is 11.6 Å². The molecule has 0 aliphatic carbocycles. The normalized spacial score (nSPS) is 19.8. The van der Waals surface area contributed by atoms with E-state index in [1.54, 1.807) is 31.5 Å². The first-order valence-corrected chi connectivity index (χ1v) is 7.95. The van der Waals surface area contributed by atoms with Gasteiger partial charge in [-0.1, -0.05) is 12.1 Å². The van der Waals surface area contributed by atoms with Crippen molar-refractivity contribution in [3.8, 4) is 0 Å². The van der Waals surface area contributed by atoms with Gasteiger partial charge < -0.3 is 20.7 Å². The smallest absolute Gasteiger partial charge is 0.224 e. The number of nitrogens with one attached hydrogen (secondary N) is 1. The molecule has 132 valence electrons. The zero-order valence-corrected chi connectivity index (χ0v) is 13.9. The van der Waals surface area contributed by atoms with Crippen molar-refractivity contribution < 1.29 is 13.9 Å². The zero-order chi connectivity index (χ0) is 17.8. The molecule has 1 aromatic heterocycles. The van der Waals surface area contributed by atoms with Crippen LogP contribution >= 0.6 is 0 Å². The van der Waals surface area contributed by atoms with Gasteiger partial charge in [-0.3, -0.25) is 4.79 Å². The Bertz CT molecular complexity index is 757. The van der Waals surface area contributed by atoms with E-state index in [0.717, 1.165) is 0 Å². The molecule has 2 heterocycles. The molecule has 1 fully saturated rings. The molecule has 2 atom stereocenters. The number of carbonyl (C=O) groups is 1. The lowest BCUT2D eigenvalue weighted by atomic mass is 10.1. The highest BCUT2D eigenvalue weighted by Crippen LogP contribution is 2.20. The quantitative estimate of drug-likeness (QED) is 0.831. The molecule has 0 radical (unpaired) electrons. The summed E-state index contributed by atoms with van der Waals surface area (Å²) in [7, 11) is 1.61. The number of rotatable bonds is 5. The molecule has 1 aliphatic heterocycles. The number of methoxy groups -OCH3 is 1. The summed E-state index contributed by atoms with van der Waals surface area (Å²) >= 11 is 0. The van der Waals surface area contributed by atoms with Crippen LogP contribution in [0.25, 0.3) is 0 Å². The third-order valence-corrected chi connectivity index (χ3v) is 4.15. The predicted octanol–water partition coefficient (Wildman–Crippen LogP) is 0.760. The zero-order valence-electron chi connectivity index (χ0n) is 13.9. The Hall–Kier alpha value is -2.74. The summed E-state index contributed by atoms with van der Waals surface area (Å²) in [6.07, 6.45) is 1.54. The molecule has 25 heavy (non-hydrogen) atoms. The molecule has 0 bridgehead atoms. The van der Waals surface area contributed by atoms with Gasteiger partial charge in [-0.25, -0.2) is 9.37 Å². The van der Waals surface area contributed by atoms with Crippen molar-refractivity contribution in [1.82, 2.24) is 15.3 Å². The summed E-state index contributed by atoms with van der Waals surface area (Å²) in [5.74, 6) is 0.358. The maximum atomic E-state index is 13.2. The summed E-state index contributed by atoms with van der Waals surface area (Å²) in [5.41, 5.74) is 6.26. The maximum Gasteiger partial charge on any atom is 0.224 e. The minimum atomic E-state index is -0.353. The Kier molecular flexibility index (Phi) is 5.08. The molecule has 3 N–H and O–H groups in total. The third-order valence-electron chi connectivity index (χ3n) is 4.15. The number of nitrogen functional groups attached to an aromatic ring is 1. The summed E-state index contributed by atoms with van der Waals surface area (Å²) in [6, 6.07) is 7.60. The van der Waals surface area contributed by atoms with Crippen molar-refractivity contribution >= 4 is 17.7 Å². The maximum absolute atomic E-state index is 13.2. The minimum absolute atomic E-state index is 0.116. The van der Waals surface area contributed by atoms with Crippen molar-refractivity contribution in [2.45, 2.75) is 18.6 Å². The van der Waals surface area contributed by atoms with Gasteiger partial charge in [0.15, 0.2) is 0 Å². The van der Waals surface area contributed by atoms with Crippen LogP contribution in [-0.4, -0.2) is 48.2 Å². The average Bonchev–Trinajstić information content (AvgIpc) is 2.97. The highest BCUT2D eigenvalue weighted by atomic mass is 19.1. The standard InChI is InChI=1S/C17H20FN5O2/c1-25-14-10-23(15-5-6-20-17(19)22-15)9-13(14)21-16(24)8-11-3-2-4-12(18)7-11/h2-7,13-14H,8-10H2,1H3,(H,21,24)(H2,19,20,22)/t13-,14+/m0/s1. The van der Waals surface area contributed by atoms with Crippen LogP contribution in [0.3, 0.4) is 0 Å². The van der Waals surface area contributed by atoms with E-state index in [4.69, 9.17) is 10.5 Å². The van der Waals surface area contributed by atoms with Crippen LogP contribution in [0.2, 0.25) is 0 Å². The van der Waals surface area contributed by atoms with Crippen molar-refractivity contribution in [1.29, 1.82) is 0 Å². The lowest BCUT2D eigenvalue weighted by molar-refractivity contribution is -0.121. The first-order valence-electron chi connectivity index (χ1n) is 7.95. The Morgan fingerprint density at radius 3 is 3.00 bits per heavy atom. The van der Waals surface area contributed by atoms with Crippen molar-refractivity contribution in [2.75, 3.05) is 30.8 Å². The second kappa shape index (κ2) is 7.43. The molecule has 0 saturated carbocycles. The van der Waals surface area contributed by atoms with Gasteiger partial charge in [0.25, 0.3) is 0 Å². The molecule has 0 unspecified atom stereocenters. The molecular weight excluding hydrogens is 325 g/mol.